The van der Waals surface area contributed by atoms with Gasteiger partial charge >= 0.3 is 0 Å². The highest BCUT2D eigenvalue weighted by Crippen LogP contribution is 2.29. The maximum Gasteiger partial charge on any atom is 0.228 e. The highest BCUT2D eigenvalue weighted by atomic mass is 32.2. The zero-order valence-electron chi connectivity index (χ0n) is 14.6. The number of thioether (sulfide) groups is 1. The molecule has 1 fully saturated rings. The molecule has 3 rings (SSSR count). The minimum absolute atomic E-state index is 0.00527. The van der Waals surface area contributed by atoms with Crippen molar-refractivity contribution in [1.29, 1.82) is 0 Å². The standard InChI is InChI=1S/C19H22N2O3S/c1-13(17-5-4-10-24-17)20(2)19(23)14-11-18(22)21(12-14)15-6-8-16(25-3)9-7-15/h4-10,13-14H,11-12H2,1-3H3. The Kier molecular flexibility index (Phi) is 5.18. The number of benzene rings is 1. The van der Waals surface area contributed by atoms with E-state index >= 15 is 0 Å². The minimum Gasteiger partial charge on any atom is -0.467 e. The van der Waals surface area contributed by atoms with Crippen LogP contribution in [-0.2, 0) is 9.59 Å². The molecule has 25 heavy (non-hydrogen) atoms. The molecule has 1 aromatic carbocycles. The fourth-order valence-electron chi connectivity index (χ4n) is 3.08. The van der Waals surface area contributed by atoms with E-state index in [9.17, 15) is 9.59 Å². The van der Waals surface area contributed by atoms with Crippen molar-refractivity contribution >= 4 is 29.3 Å². The number of nitrogens with zero attached hydrogens (tertiary/aromatic N) is 2. The van der Waals surface area contributed by atoms with Crippen LogP contribution >= 0.6 is 11.8 Å². The lowest BCUT2D eigenvalue weighted by Gasteiger charge is -2.26. The average molecular weight is 358 g/mol. The topological polar surface area (TPSA) is 53.8 Å². The first-order valence-electron chi connectivity index (χ1n) is 8.25. The lowest BCUT2D eigenvalue weighted by atomic mass is 10.1. The highest BCUT2D eigenvalue weighted by molar-refractivity contribution is 7.98. The van der Waals surface area contributed by atoms with Crippen LogP contribution in [0.3, 0.4) is 0 Å². The van der Waals surface area contributed by atoms with E-state index in [1.807, 2.05) is 49.6 Å². The lowest BCUT2D eigenvalue weighted by molar-refractivity contribution is -0.136. The molecule has 2 heterocycles. The SMILES string of the molecule is CSc1ccc(N2CC(C(=O)N(C)C(C)c3ccco3)CC2=O)cc1. The number of rotatable bonds is 5. The molecular formula is C19H22N2O3S. The van der Waals surface area contributed by atoms with Crippen molar-refractivity contribution in [1.82, 2.24) is 4.90 Å². The predicted octanol–water partition coefficient (Wildman–Crippen LogP) is 3.57. The molecule has 2 unspecified atom stereocenters. The summed E-state index contributed by atoms with van der Waals surface area (Å²) in [4.78, 5) is 29.7. The Balaban J connectivity index is 1.69. The van der Waals surface area contributed by atoms with Gasteiger partial charge in [-0.1, -0.05) is 0 Å². The molecule has 1 aliphatic heterocycles. The van der Waals surface area contributed by atoms with Crippen LogP contribution in [0.1, 0.15) is 25.1 Å². The second kappa shape index (κ2) is 7.35. The van der Waals surface area contributed by atoms with Gasteiger partial charge in [0.25, 0.3) is 0 Å². The number of furan rings is 1. The summed E-state index contributed by atoms with van der Waals surface area (Å²) < 4.78 is 5.39. The minimum atomic E-state index is -0.324. The molecule has 2 atom stereocenters. The molecule has 2 amide bonds. The zero-order valence-corrected chi connectivity index (χ0v) is 15.5. The Labute approximate surface area is 152 Å². The van der Waals surface area contributed by atoms with Crippen molar-refractivity contribution in [3.05, 3.63) is 48.4 Å². The smallest absolute Gasteiger partial charge is 0.228 e. The van der Waals surface area contributed by atoms with Crippen molar-refractivity contribution in [2.75, 3.05) is 24.7 Å². The summed E-state index contributed by atoms with van der Waals surface area (Å²) >= 11 is 1.66. The molecule has 1 aliphatic rings. The molecule has 132 valence electrons. The summed E-state index contributed by atoms with van der Waals surface area (Å²) in [5.41, 5.74) is 0.847. The predicted molar refractivity (Wildman–Crippen MR) is 98.6 cm³/mol. The van der Waals surface area contributed by atoms with Crippen LogP contribution in [0.25, 0.3) is 0 Å². The quantitative estimate of drug-likeness (QED) is 0.767. The third-order valence-corrected chi connectivity index (χ3v) is 5.49. The summed E-state index contributed by atoms with van der Waals surface area (Å²) in [6.07, 6.45) is 3.86. The van der Waals surface area contributed by atoms with Gasteiger partial charge in [-0.25, -0.2) is 0 Å². The summed E-state index contributed by atoms with van der Waals surface area (Å²) in [5, 5.41) is 0. The summed E-state index contributed by atoms with van der Waals surface area (Å²) in [5.74, 6) is 0.384. The van der Waals surface area contributed by atoms with Crippen LogP contribution in [0.15, 0.2) is 52.0 Å². The van der Waals surface area contributed by atoms with Crippen LogP contribution in [0.4, 0.5) is 5.69 Å². The number of hydrogen-bond donors (Lipinski definition) is 0. The van der Waals surface area contributed by atoms with Gasteiger partial charge in [0.05, 0.1) is 18.2 Å². The monoisotopic (exact) mass is 358 g/mol. The first-order chi connectivity index (χ1) is 12.0. The van der Waals surface area contributed by atoms with Crippen LogP contribution in [0, 0.1) is 5.92 Å². The molecule has 0 aliphatic carbocycles. The van der Waals surface area contributed by atoms with Gasteiger partial charge in [-0.15, -0.1) is 11.8 Å². The fraction of sp³-hybridized carbons (Fsp3) is 0.368. The van der Waals surface area contributed by atoms with E-state index in [-0.39, 0.29) is 30.2 Å². The molecule has 0 bridgehead atoms. The highest BCUT2D eigenvalue weighted by Gasteiger charge is 2.37. The normalized spacial score (nSPS) is 18.4. The first-order valence-corrected chi connectivity index (χ1v) is 9.48. The van der Waals surface area contributed by atoms with Gasteiger partial charge in [0, 0.05) is 30.6 Å². The second-order valence-electron chi connectivity index (χ2n) is 6.24. The van der Waals surface area contributed by atoms with Gasteiger partial charge in [0.15, 0.2) is 0 Å². The Bertz CT molecular complexity index is 743. The van der Waals surface area contributed by atoms with Crippen LogP contribution in [-0.4, -0.2) is 36.6 Å². The van der Waals surface area contributed by atoms with Crippen LogP contribution in [0.5, 0.6) is 0 Å². The summed E-state index contributed by atoms with van der Waals surface area (Å²) in [6, 6.07) is 11.4. The third-order valence-electron chi connectivity index (χ3n) is 4.74. The van der Waals surface area contributed by atoms with E-state index in [4.69, 9.17) is 4.42 Å². The Morgan fingerprint density at radius 3 is 2.64 bits per heavy atom. The molecule has 6 heteroatoms. The molecule has 5 nitrogen and oxygen atoms in total. The van der Waals surface area contributed by atoms with E-state index in [0.717, 1.165) is 16.3 Å². The van der Waals surface area contributed by atoms with E-state index in [1.165, 1.54) is 0 Å². The molecular weight excluding hydrogens is 336 g/mol. The maximum absolute atomic E-state index is 12.8. The zero-order chi connectivity index (χ0) is 18.0. The van der Waals surface area contributed by atoms with E-state index in [1.54, 1.807) is 34.9 Å². The molecule has 0 saturated carbocycles. The molecule has 0 spiro atoms. The van der Waals surface area contributed by atoms with Gasteiger partial charge in [-0.2, -0.15) is 0 Å². The number of carbonyl (C=O) groups excluding carboxylic acids is 2. The number of carbonyl (C=O) groups is 2. The number of amides is 2. The second-order valence-corrected chi connectivity index (χ2v) is 7.12. The Hall–Kier alpha value is -2.21. The molecule has 2 aromatic rings. The molecule has 1 saturated heterocycles. The summed E-state index contributed by atoms with van der Waals surface area (Å²) in [7, 11) is 1.76. The number of hydrogen-bond acceptors (Lipinski definition) is 4. The van der Waals surface area contributed by atoms with Crippen molar-refractivity contribution < 1.29 is 14.0 Å². The molecule has 0 N–H and O–H groups in total. The largest absolute Gasteiger partial charge is 0.467 e. The van der Waals surface area contributed by atoms with E-state index < -0.39 is 0 Å². The molecule has 0 radical (unpaired) electrons. The maximum atomic E-state index is 12.8. The van der Waals surface area contributed by atoms with Crippen molar-refractivity contribution in [2.24, 2.45) is 5.92 Å². The van der Waals surface area contributed by atoms with Gasteiger partial charge in [0.2, 0.25) is 11.8 Å². The van der Waals surface area contributed by atoms with Gasteiger partial charge < -0.3 is 14.2 Å². The Morgan fingerprint density at radius 1 is 1.32 bits per heavy atom. The lowest BCUT2D eigenvalue weighted by Crippen LogP contribution is -2.36. The van der Waals surface area contributed by atoms with E-state index in [0.29, 0.717) is 6.54 Å². The van der Waals surface area contributed by atoms with Gasteiger partial charge in [-0.3, -0.25) is 9.59 Å². The average Bonchev–Trinajstić information content (AvgIpc) is 3.30. The van der Waals surface area contributed by atoms with Crippen LogP contribution < -0.4 is 4.90 Å². The summed E-state index contributed by atoms with van der Waals surface area (Å²) in [6.45, 7) is 2.35. The van der Waals surface area contributed by atoms with Crippen LogP contribution in [0.2, 0.25) is 0 Å². The van der Waals surface area contributed by atoms with Crippen molar-refractivity contribution in [3.8, 4) is 0 Å². The van der Waals surface area contributed by atoms with Gasteiger partial charge in [0.1, 0.15) is 5.76 Å². The Morgan fingerprint density at radius 2 is 2.04 bits per heavy atom. The first kappa shape index (κ1) is 17.6. The van der Waals surface area contributed by atoms with Crippen molar-refractivity contribution in [3.63, 3.8) is 0 Å². The third kappa shape index (κ3) is 3.58. The fourth-order valence-corrected chi connectivity index (χ4v) is 3.49. The molecule has 1 aromatic heterocycles. The van der Waals surface area contributed by atoms with Gasteiger partial charge in [-0.05, 0) is 49.6 Å². The number of anilines is 1. The van der Waals surface area contributed by atoms with E-state index in [2.05, 4.69) is 0 Å². The van der Waals surface area contributed by atoms with Crippen molar-refractivity contribution in [2.45, 2.75) is 24.3 Å².